The van der Waals surface area contributed by atoms with E-state index in [1.165, 1.54) is 66.6 Å². The fraction of sp³-hybridized carbons (Fsp3) is 0.212. The number of halogens is 2. The predicted octanol–water partition coefficient (Wildman–Crippen LogP) is 5.46. The minimum Gasteiger partial charge on any atom is -0.495 e. The van der Waals surface area contributed by atoms with Crippen molar-refractivity contribution >= 4 is 39.1 Å². The van der Waals surface area contributed by atoms with Crippen LogP contribution in [0.5, 0.6) is 5.75 Å². The van der Waals surface area contributed by atoms with Crippen LogP contribution in [0, 0.1) is 5.82 Å². The van der Waals surface area contributed by atoms with Crippen LogP contribution >= 0.6 is 11.6 Å². The number of amides is 2. The van der Waals surface area contributed by atoms with Gasteiger partial charge in [-0.15, -0.1) is 0 Å². The maximum absolute atomic E-state index is 14.3. The summed E-state index contributed by atoms with van der Waals surface area (Å²) in [6.07, 6.45) is 0.166. The summed E-state index contributed by atoms with van der Waals surface area (Å²) in [6.45, 7) is 1.37. The van der Waals surface area contributed by atoms with Gasteiger partial charge in [0.05, 0.1) is 22.7 Å². The highest BCUT2D eigenvalue weighted by Crippen LogP contribution is 2.32. The van der Waals surface area contributed by atoms with Crippen molar-refractivity contribution in [2.24, 2.45) is 0 Å². The van der Waals surface area contributed by atoms with Crippen LogP contribution in [0.1, 0.15) is 18.1 Å². The average Bonchev–Trinajstić information content (AvgIpc) is 3.03. The summed E-state index contributed by atoms with van der Waals surface area (Å²) >= 11 is 6.38. The number of carbonyl (C=O) groups is 2. The van der Waals surface area contributed by atoms with Crippen LogP contribution in [-0.4, -0.2) is 51.4 Å². The number of nitrogens with zero attached hydrogens (tertiary/aromatic N) is 2. The summed E-state index contributed by atoms with van der Waals surface area (Å²) in [4.78, 5) is 29.1. The molecule has 0 spiro atoms. The molecular weight excluding hydrogens is 605 g/mol. The lowest BCUT2D eigenvalue weighted by molar-refractivity contribution is -0.140. The molecule has 0 fully saturated rings. The Morgan fingerprint density at radius 1 is 0.909 bits per heavy atom. The minimum absolute atomic E-state index is 0.0330. The molecular formula is C33H33ClFN3O5S. The second-order valence-electron chi connectivity index (χ2n) is 9.89. The standard InChI is InChI=1S/C33H33ClFN3O5S/c1-3-36-33(40)30(20-24-10-6-4-7-11-24)37(22-25-14-16-26(35)17-15-25)32(39)23-38(27-18-19-31(43-2)29(34)21-27)44(41,42)28-12-8-5-9-13-28/h4-19,21,30H,3,20,22-23H2,1-2H3,(H,36,40)/t30-/m1/s1. The number of benzene rings is 4. The van der Waals surface area contributed by atoms with E-state index in [0.717, 1.165) is 9.87 Å². The van der Waals surface area contributed by atoms with E-state index in [0.29, 0.717) is 17.9 Å². The third kappa shape index (κ3) is 7.94. The zero-order chi connectivity index (χ0) is 31.7. The smallest absolute Gasteiger partial charge is 0.264 e. The Labute approximate surface area is 262 Å². The molecule has 8 nitrogen and oxygen atoms in total. The van der Waals surface area contributed by atoms with E-state index in [9.17, 15) is 22.4 Å². The van der Waals surface area contributed by atoms with Crippen LogP contribution in [0.2, 0.25) is 5.02 Å². The first-order chi connectivity index (χ1) is 21.1. The number of hydrogen-bond donors (Lipinski definition) is 1. The molecule has 0 aromatic heterocycles. The highest BCUT2D eigenvalue weighted by atomic mass is 35.5. The van der Waals surface area contributed by atoms with Gasteiger partial charge in [0.1, 0.15) is 24.2 Å². The molecule has 0 radical (unpaired) electrons. The lowest BCUT2D eigenvalue weighted by Gasteiger charge is -2.34. The third-order valence-corrected chi connectivity index (χ3v) is 9.01. The Balaban J connectivity index is 1.80. The Bertz CT molecular complexity index is 1670. The van der Waals surface area contributed by atoms with E-state index in [1.807, 2.05) is 30.3 Å². The first kappa shape index (κ1) is 32.5. The summed E-state index contributed by atoms with van der Waals surface area (Å²) in [5.41, 5.74) is 1.50. The summed E-state index contributed by atoms with van der Waals surface area (Å²) in [5, 5.41) is 2.95. The molecule has 230 valence electrons. The molecule has 11 heteroatoms. The fourth-order valence-corrected chi connectivity index (χ4v) is 6.37. The number of likely N-dealkylation sites (N-methyl/N-ethyl adjacent to an activating group) is 1. The van der Waals surface area contributed by atoms with Crippen LogP contribution in [0.15, 0.2) is 108 Å². The quantitative estimate of drug-likeness (QED) is 0.210. The van der Waals surface area contributed by atoms with Crippen LogP contribution in [0.25, 0.3) is 0 Å². The van der Waals surface area contributed by atoms with Gasteiger partial charge in [-0.3, -0.25) is 13.9 Å². The number of ether oxygens (including phenoxy) is 1. The molecule has 0 unspecified atom stereocenters. The molecule has 4 aromatic carbocycles. The van der Waals surface area contributed by atoms with E-state index in [1.54, 1.807) is 25.1 Å². The number of nitrogens with one attached hydrogen (secondary N) is 1. The second kappa shape index (κ2) is 14.9. The van der Waals surface area contributed by atoms with Gasteiger partial charge in [-0.1, -0.05) is 72.3 Å². The van der Waals surface area contributed by atoms with Gasteiger partial charge >= 0.3 is 0 Å². The van der Waals surface area contributed by atoms with Crippen LogP contribution < -0.4 is 14.4 Å². The zero-order valence-corrected chi connectivity index (χ0v) is 25.9. The van der Waals surface area contributed by atoms with Crippen LogP contribution in [0.3, 0.4) is 0 Å². The van der Waals surface area contributed by atoms with E-state index in [-0.39, 0.29) is 28.6 Å². The van der Waals surface area contributed by atoms with Crippen molar-refractivity contribution in [3.63, 3.8) is 0 Å². The minimum atomic E-state index is -4.28. The molecule has 0 aliphatic heterocycles. The van der Waals surface area contributed by atoms with Gasteiger partial charge < -0.3 is 15.0 Å². The number of methoxy groups -OCH3 is 1. The van der Waals surface area contributed by atoms with Crippen molar-refractivity contribution in [1.82, 2.24) is 10.2 Å². The van der Waals surface area contributed by atoms with Crippen molar-refractivity contribution in [3.8, 4) is 5.75 Å². The Morgan fingerprint density at radius 2 is 1.55 bits per heavy atom. The lowest BCUT2D eigenvalue weighted by Crippen LogP contribution is -2.53. The number of carbonyl (C=O) groups excluding carboxylic acids is 2. The van der Waals surface area contributed by atoms with E-state index >= 15 is 0 Å². The summed E-state index contributed by atoms with van der Waals surface area (Å²) in [5.74, 6) is -1.17. The number of sulfonamides is 1. The number of rotatable bonds is 13. The fourth-order valence-electron chi connectivity index (χ4n) is 4.69. The molecule has 0 saturated heterocycles. The first-order valence-corrected chi connectivity index (χ1v) is 15.7. The molecule has 2 amide bonds. The maximum atomic E-state index is 14.3. The summed E-state index contributed by atoms with van der Waals surface area (Å²) in [6, 6.07) is 25.9. The Hall–Kier alpha value is -4.41. The highest BCUT2D eigenvalue weighted by Gasteiger charge is 2.34. The Kier molecular flexibility index (Phi) is 11.0. The zero-order valence-electron chi connectivity index (χ0n) is 24.3. The number of hydrogen-bond acceptors (Lipinski definition) is 5. The highest BCUT2D eigenvalue weighted by molar-refractivity contribution is 7.92. The molecule has 4 aromatic rings. The molecule has 4 rings (SSSR count). The number of anilines is 1. The second-order valence-corrected chi connectivity index (χ2v) is 12.2. The van der Waals surface area contributed by atoms with Gasteiger partial charge in [-0.25, -0.2) is 12.8 Å². The maximum Gasteiger partial charge on any atom is 0.264 e. The SMILES string of the molecule is CCNC(=O)[C@@H](Cc1ccccc1)N(Cc1ccc(F)cc1)C(=O)CN(c1ccc(OC)c(Cl)c1)S(=O)(=O)c1ccccc1. The third-order valence-electron chi connectivity index (χ3n) is 6.92. The molecule has 44 heavy (non-hydrogen) atoms. The Morgan fingerprint density at radius 3 is 2.14 bits per heavy atom. The van der Waals surface area contributed by atoms with Crippen molar-refractivity contribution in [2.45, 2.75) is 30.8 Å². The normalized spacial score (nSPS) is 11.8. The van der Waals surface area contributed by atoms with Crippen molar-refractivity contribution in [3.05, 3.63) is 125 Å². The first-order valence-electron chi connectivity index (χ1n) is 13.9. The van der Waals surface area contributed by atoms with Crippen LogP contribution in [-0.2, 0) is 32.6 Å². The van der Waals surface area contributed by atoms with E-state index in [4.69, 9.17) is 16.3 Å². The van der Waals surface area contributed by atoms with Gasteiger partial charge in [0.25, 0.3) is 10.0 Å². The van der Waals surface area contributed by atoms with Crippen molar-refractivity contribution in [1.29, 1.82) is 0 Å². The van der Waals surface area contributed by atoms with Crippen molar-refractivity contribution < 1.29 is 27.1 Å². The van der Waals surface area contributed by atoms with Gasteiger partial charge in [0, 0.05) is 19.5 Å². The topological polar surface area (TPSA) is 96.0 Å². The molecule has 0 aliphatic rings. The lowest BCUT2D eigenvalue weighted by atomic mass is 10.0. The predicted molar refractivity (Wildman–Crippen MR) is 169 cm³/mol. The largest absolute Gasteiger partial charge is 0.495 e. The molecule has 1 N–H and O–H groups in total. The van der Waals surface area contributed by atoms with Gasteiger partial charge in [0.2, 0.25) is 11.8 Å². The van der Waals surface area contributed by atoms with E-state index in [2.05, 4.69) is 5.32 Å². The summed E-state index contributed by atoms with van der Waals surface area (Å²) < 4.78 is 48.0. The molecule has 0 bridgehead atoms. The molecule has 0 aliphatic carbocycles. The monoisotopic (exact) mass is 637 g/mol. The van der Waals surface area contributed by atoms with Crippen LogP contribution in [0.4, 0.5) is 10.1 Å². The summed E-state index contributed by atoms with van der Waals surface area (Å²) in [7, 11) is -2.84. The van der Waals surface area contributed by atoms with Gasteiger partial charge in [0.15, 0.2) is 0 Å². The van der Waals surface area contributed by atoms with Crippen molar-refractivity contribution in [2.75, 3.05) is 24.5 Å². The van der Waals surface area contributed by atoms with Gasteiger partial charge in [-0.05, 0) is 60.5 Å². The average molecular weight is 638 g/mol. The molecule has 0 saturated carbocycles. The molecule has 0 heterocycles. The molecule has 1 atom stereocenters. The van der Waals surface area contributed by atoms with E-state index < -0.39 is 40.2 Å². The van der Waals surface area contributed by atoms with Gasteiger partial charge in [-0.2, -0.15) is 0 Å².